The Balaban J connectivity index is 2.47. The van der Waals surface area contributed by atoms with Crippen molar-refractivity contribution in [3.63, 3.8) is 0 Å². The summed E-state index contributed by atoms with van der Waals surface area (Å²) in [6.07, 6.45) is 1.98. The molecule has 0 fully saturated rings. The van der Waals surface area contributed by atoms with Gasteiger partial charge in [0.15, 0.2) is 0 Å². The molecule has 37 valence electrons. The lowest BCUT2D eigenvalue weighted by Crippen LogP contribution is -2.19. The quantitative estimate of drug-likeness (QED) is 0.403. The van der Waals surface area contributed by atoms with Crippen LogP contribution in [0.15, 0.2) is 4.99 Å². The first-order valence-corrected chi connectivity index (χ1v) is 2.08. The fourth-order valence-electron chi connectivity index (χ4n) is 0.385. The van der Waals surface area contributed by atoms with Crippen molar-refractivity contribution in [1.29, 1.82) is 0 Å². The van der Waals surface area contributed by atoms with Gasteiger partial charge in [0.2, 0.25) is 5.91 Å². The second kappa shape index (κ2) is 1.73. The molecule has 0 saturated heterocycles. The van der Waals surface area contributed by atoms with E-state index in [1.54, 1.807) is 6.21 Å². The third kappa shape index (κ3) is 0.994. The molecule has 1 amide bonds. The first kappa shape index (κ1) is 4.30. The fourth-order valence-corrected chi connectivity index (χ4v) is 0.385. The van der Waals surface area contributed by atoms with E-state index >= 15 is 0 Å². The monoisotopic (exact) mass is 97.0 g/mol. The highest BCUT2D eigenvalue weighted by Gasteiger charge is 2.01. The zero-order valence-electron chi connectivity index (χ0n) is 3.79. The average Bonchev–Trinajstić information content (AvgIpc) is 1.69. The highest BCUT2D eigenvalue weighted by Crippen LogP contribution is 1.82. The summed E-state index contributed by atoms with van der Waals surface area (Å²) in [6.45, 7) is 0.332. The van der Waals surface area contributed by atoms with Crippen LogP contribution in [0.25, 0.3) is 0 Å². The standard InChI is InChI=1S/C4H5N2O/c7-4-1-2-5-3-6-4/h2H,1,3H2. The molecule has 1 aliphatic rings. The summed E-state index contributed by atoms with van der Waals surface area (Å²) in [5, 5.41) is 3.49. The number of hydrogen-bond donors (Lipinski definition) is 0. The Kier molecular flexibility index (Phi) is 1.06. The molecule has 0 spiro atoms. The van der Waals surface area contributed by atoms with Crippen LogP contribution in [0.5, 0.6) is 0 Å². The Morgan fingerprint density at radius 1 is 1.71 bits per heavy atom. The number of amides is 1. The molecule has 0 aromatic heterocycles. The summed E-state index contributed by atoms with van der Waals surface area (Å²) < 4.78 is 0. The summed E-state index contributed by atoms with van der Waals surface area (Å²) in [5.74, 6) is -0.0602. The summed E-state index contributed by atoms with van der Waals surface area (Å²) in [5.41, 5.74) is 0. The maximum atomic E-state index is 10.2. The Labute approximate surface area is 41.4 Å². The number of hydrogen-bond acceptors (Lipinski definition) is 2. The molecule has 0 unspecified atom stereocenters. The van der Waals surface area contributed by atoms with Crippen LogP contribution < -0.4 is 5.32 Å². The number of aliphatic imine (C=N–C) groups is 1. The van der Waals surface area contributed by atoms with Crippen molar-refractivity contribution in [2.45, 2.75) is 6.42 Å². The molecule has 3 heteroatoms. The van der Waals surface area contributed by atoms with E-state index in [0.717, 1.165) is 0 Å². The lowest BCUT2D eigenvalue weighted by Gasteiger charge is -1.98. The molecule has 0 bridgehead atoms. The predicted octanol–water partition coefficient (Wildman–Crippen LogP) is -0.451. The fraction of sp³-hybridized carbons (Fsp3) is 0.500. The molecule has 0 saturated carbocycles. The molecule has 1 aliphatic heterocycles. The summed E-state index contributed by atoms with van der Waals surface area (Å²) in [7, 11) is 0. The maximum Gasteiger partial charge on any atom is 0.248 e. The minimum Gasteiger partial charge on any atom is -0.273 e. The second-order valence-corrected chi connectivity index (χ2v) is 1.26. The molecule has 1 heterocycles. The third-order valence-corrected chi connectivity index (χ3v) is 0.724. The van der Waals surface area contributed by atoms with Gasteiger partial charge >= 0.3 is 0 Å². The van der Waals surface area contributed by atoms with Crippen molar-refractivity contribution in [2.24, 2.45) is 4.99 Å². The molecular weight excluding hydrogens is 92.1 g/mol. The highest BCUT2D eigenvalue weighted by molar-refractivity contribution is 5.90. The van der Waals surface area contributed by atoms with Crippen LogP contribution in [0.4, 0.5) is 0 Å². The van der Waals surface area contributed by atoms with Gasteiger partial charge in [0, 0.05) is 6.21 Å². The van der Waals surface area contributed by atoms with E-state index in [4.69, 9.17) is 0 Å². The molecule has 0 aliphatic carbocycles. The first-order chi connectivity index (χ1) is 3.39. The summed E-state index contributed by atoms with van der Waals surface area (Å²) in [4.78, 5) is 13.9. The molecule has 0 N–H and O–H groups in total. The normalized spacial score (nSPS) is 19.1. The van der Waals surface area contributed by atoms with E-state index in [0.29, 0.717) is 13.1 Å². The summed E-state index contributed by atoms with van der Waals surface area (Å²) in [6, 6.07) is 0. The lowest BCUT2D eigenvalue weighted by atomic mass is 10.4. The van der Waals surface area contributed by atoms with Crippen LogP contribution >= 0.6 is 0 Å². The number of carbonyl (C=O) groups is 1. The number of carbonyl (C=O) groups excluding carboxylic acids is 1. The van der Waals surface area contributed by atoms with Gasteiger partial charge in [-0.05, 0) is 0 Å². The topological polar surface area (TPSA) is 43.5 Å². The van der Waals surface area contributed by atoms with Crippen molar-refractivity contribution < 1.29 is 4.79 Å². The minimum absolute atomic E-state index is 0.0602. The second-order valence-electron chi connectivity index (χ2n) is 1.26. The average molecular weight is 97.1 g/mol. The molecule has 1 rings (SSSR count). The van der Waals surface area contributed by atoms with Gasteiger partial charge in [-0.3, -0.25) is 9.79 Å². The van der Waals surface area contributed by atoms with Crippen LogP contribution in [0, 0.1) is 0 Å². The van der Waals surface area contributed by atoms with Crippen LogP contribution in [0.2, 0.25) is 0 Å². The van der Waals surface area contributed by atoms with Crippen molar-refractivity contribution >= 4 is 12.1 Å². The van der Waals surface area contributed by atoms with Crippen molar-refractivity contribution in [3.05, 3.63) is 0 Å². The van der Waals surface area contributed by atoms with Crippen LogP contribution in [0.3, 0.4) is 0 Å². The Bertz CT molecular complexity index is 108. The van der Waals surface area contributed by atoms with Crippen LogP contribution in [-0.4, -0.2) is 18.8 Å². The van der Waals surface area contributed by atoms with Gasteiger partial charge in [0.1, 0.15) is 6.67 Å². The molecule has 7 heavy (non-hydrogen) atoms. The van der Waals surface area contributed by atoms with Gasteiger partial charge in [-0.25, -0.2) is 5.32 Å². The van der Waals surface area contributed by atoms with E-state index in [-0.39, 0.29) is 5.91 Å². The van der Waals surface area contributed by atoms with Gasteiger partial charge in [-0.1, -0.05) is 0 Å². The van der Waals surface area contributed by atoms with E-state index in [2.05, 4.69) is 10.3 Å². The zero-order chi connectivity index (χ0) is 5.11. The van der Waals surface area contributed by atoms with Gasteiger partial charge in [0.05, 0.1) is 6.42 Å². The van der Waals surface area contributed by atoms with Crippen LogP contribution in [-0.2, 0) is 4.79 Å². The van der Waals surface area contributed by atoms with E-state index < -0.39 is 0 Å². The van der Waals surface area contributed by atoms with Crippen molar-refractivity contribution in [1.82, 2.24) is 5.32 Å². The van der Waals surface area contributed by atoms with Gasteiger partial charge < -0.3 is 0 Å². The smallest absolute Gasteiger partial charge is 0.248 e. The minimum atomic E-state index is -0.0602. The highest BCUT2D eigenvalue weighted by atomic mass is 16.1. The molecule has 0 aromatic rings. The number of rotatable bonds is 0. The molecule has 0 aromatic carbocycles. The Morgan fingerprint density at radius 3 is 2.86 bits per heavy atom. The lowest BCUT2D eigenvalue weighted by molar-refractivity contribution is -0.120. The van der Waals surface area contributed by atoms with Crippen molar-refractivity contribution in [3.8, 4) is 0 Å². The molecule has 0 atom stereocenters. The van der Waals surface area contributed by atoms with E-state index in [1.165, 1.54) is 0 Å². The molecule has 3 nitrogen and oxygen atoms in total. The Morgan fingerprint density at radius 2 is 2.57 bits per heavy atom. The first-order valence-electron chi connectivity index (χ1n) is 2.08. The van der Waals surface area contributed by atoms with E-state index in [1.807, 2.05) is 0 Å². The van der Waals surface area contributed by atoms with E-state index in [9.17, 15) is 4.79 Å². The Hall–Kier alpha value is -0.860. The third-order valence-electron chi connectivity index (χ3n) is 0.724. The summed E-state index contributed by atoms with van der Waals surface area (Å²) >= 11 is 0. The zero-order valence-corrected chi connectivity index (χ0v) is 3.79. The molecule has 1 radical (unpaired) electrons. The van der Waals surface area contributed by atoms with Gasteiger partial charge in [-0.15, -0.1) is 0 Å². The predicted molar refractivity (Wildman–Crippen MR) is 25.1 cm³/mol. The van der Waals surface area contributed by atoms with Gasteiger partial charge in [0.25, 0.3) is 0 Å². The van der Waals surface area contributed by atoms with Crippen molar-refractivity contribution in [2.75, 3.05) is 6.67 Å². The maximum absolute atomic E-state index is 10.2. The van der Waals surface area contributed by atoms with Gasteiger partial charge in [-0.2, -0.15) is 0 Å². The largest absolute Gasteiger partial charge is 0.273 e. The molecular formula is C4H5N2O. The number of nitrogens with zero attached hydrogens (tertiary/aromatic N) is 2. The SMILES string of the molecule is O=C1CC=NC[N]1. The van der Waals surface area contributed by atoms with Crippen LogP contribution in [0.1, 0.15) is 6.42 Å².